The molecule has 0 aromatic carbocycles. The molecule has 100 valence electrons. The van der Waals surface area contributed by atoms with Crippen molar-refractivity contribution >= 4 is 11.3 Å². The van der Waals surface area contributed by atoms with Crippen molar-refractivity contribution in [1.29, 1.82) is 0 Å². The van der Waals surface area contributed by atoms with Crippen molar-refractivity contribution in [3.8, 4) is 0 Å². The highest BCUT2D eigenvalue weighted by Gasteiger charge is 2.35. The Morgan fingerprint density at radius 3 is 2.94 bits per heavy atom. The molecule has 1 fully saturated rings. The molecule has 1 aromatic rings. The standard InChI is InChI=1S/C13H19NO3S/c1-13(2)5-8-11(9(15)6-13)18-12(14-8)10-7-16-3-4-17-10/h9-10,15H,3-7H2,1-2H3. The van der Waals surface area contributed by atoms with Gasteiger partial charge in [0.05, 0.1) is 36.5 Å². The molecular weight excluding hydrogens is 250 g/mol. The fourth-order valence-electron chi connectivity index (χ4n) is 2.68. The molecule has 1 N–H and O–H groups in total. The Hall–Kier alpha value is -0.490. The first-order valence-electron chi connectivity index (χ1n) is 6.42. The van der Waals surface area contributed by atoms with E-state index in [2.05, 4.69) is 18.8 Å². The van der Waals surface area contributed by atoms with Crippen LogP contribution < -0.4 is 0 Å². The van der Waals surface area contributed by atoms with Gasteiger partial charge < -0.3 is 14.6 Å². The second-order valence-corrected chi connectivity index (χ2v) is 6.92. The smallest absolute Gasteiger partial charge is 0.132 e. The van der Waals surface area contributed by atoms with E-state index < -0.39 is 0 Å². The van der Waals surface area contributed by atoms with Crippen molar-refractivity contribution in [2.45, 2.75) is 38.9 Å². The molecule has 2 unspecified atom stereocenters. The van der Waals surface area contributed by atoms with Gasteiger partial charge in [0.15, 0.2) is 0 Å². The first kappa shape index (κ1) is 12.5. The van der Waals surface area contributed by atoms with Gasteiger partial charge in [0.25, 0.3) is 0 Å². The van der Waals surface area contributed by atoms with Crippen molar-refractivity contribution < 1.29 is 14.6 Å². The number of hydrogen-bond acceptors (Lipinski definition) is 5. The van der Waals surface area contributed by atoms with Gasteiger partial charge in [-0.15, -0.1) is 11.3 Å². The van der Waals surface area contributed by atoms with E-state index in [4.69, 9.17) is 9.47 Å². The molecule has 3 rings (SSSR count). The van der Waals surface area contributed by atoms with E-state index in [0.717, 1.165) is 28.4 Å². The summed E-state index contributed by atoms with van der Waals surface area (Å²) in [6.45, 7) is 6.23. The predicted octanol–water partition coefficient (Wildman–Crippen LogP) is 2.24. The van der Waals surface area contributed by atoms with Gasteiger partial charge in [-0.3, -0.25) is 0 Å². The lowest BCUT2D eigenvalue weighted by atomic mass is 9.77. The van der Waals surface area contributed by atoms with Gasteiger partial charge in [-0.05, 0) is 18.3 Å². The van der Waals surface area contributed by atoms with E-state index in [1.807, 2.05) is 0 Å². The summed E-state index contributed by atoms with van der Waals surface area (Å²) in [4.78, 5) is 5.70. The van der Waals surface area contributed by atoms with Gasteiger partial charge >= 0.3 is 0 Å². The molecule has 2 aliphatic rings. The molecule has 18 heavy (non-hydrogen) atoms. The third-order valence-corrected chi connectivity index (χ3v) is 4.82. The highest BCUT2D eigenvalue weighted by Crippen LogP contribution is 2.44. The Bertz CT molecular complexity index is 437. The summed E-state index contributed by atoms with van der Waals surface area (Å²) in [7, 11) is 0. The molecule has 0 saturated carbocycles. The average Bonchev–Trinajstić information content (AvgIpc) is 2.72. The molecule has 1 saturated heterocycles. The van der Waals surface area contributed by atoms with Crippen molar-refractivity contribution in [3.05, 3.63) is 15.6 Å². The van der Waals surface area contributed by atoms with Gasteiger partial charge in [0.2, 0.25) is 0 Å². The SMILES string of the molecule is CC1(C)Cc2nc(C3COCCO3)sc2C(O)C1. The van der Waals surface area contributed by atoms with Gasteiger partial charge in [0, 0.05) is 0 Å². The van der Waals surface area contributed by atoms with E-state index in [1.54, 1.807) is 11.3 Å². The molecular formula is C13H19NO3S. The van der Waals surface area contributed by atoms with E-state index in [1.165, 1.54) is 0 Å². The quantitative estimate of drug-likeness (QED) is 0.849. The number of thiazole rings is 1. The molecule has 0 radical (unpaired) electrons. The van der Waals surface area contributed by atoms with Crippen molar-refractivity contribution in [3.63, 3.8) is 0 Å². The second-order valence-electron chi connectivity index (χ2n) is 5.86. The summed E-state index contributed by atoms with van der Waals surface area (Å²) in [5, 5.41) is 11.2. The molecule has 0 bridgehead atoms. The first-order chi connectivity index (χ1) is 8.55. The molecule has 5 heteroatoms. The minimum Gasteiger partial charge on any atom is -0.387 e. The summed E-state index contributed by atoms with van der Waals surface area (Å²) < 4.78 is 11.1. The Morgan fingerprint density at radius 1 is 1.39 bits per heavy atom. The highest BCUT2D eigenvalue weighted by molar-refractivity contribution is 7.11. The van der Waals surface area contributed by atoms with Crippen LogP contribution in [0.5, 0.6) is 0 Å². The van der Waals surface area contributed by atoms with Gasteiger partial charge in [-0.1, -0.05) is 13.8 Å². The van der Waals surface area contributed by atoms with Crippen molar-refractivity contribution in [2.75, 3.05) is 19.8 Å². The first-order valence-corrected chi connectivity index (χ1v) is 7.24. The van der Waals surface area contributed by atoms with E-state index in [-0.39, 0.29) is 17.6 Å². The average molecular weight is 269 g/mol. The number of fused-ring (bicyclic) bond motifs is 1. The van der Waals surface area contributed by atoms with Crippen LogP contribution in [0.1, 0.15) is 48.1 Å². The Kier molecular flexibility index (Phi) is 3.18. The molecule has 1 aliphatic carbocycles. The topological polar surface area (TPSA) is 51.6 Å². The minimum atomic E-state index is -0.375. The van der Waals surface area contributed by atoms with Crippen LogP contribution in [0.4, 0.5) is 0 Å². The molecule has 2 heterocycles. The van der Waals surface area contributed by atoms with Crippen LogP contribution in [0, 0.1) is 5.41 Å². The van der Waals surface area contributed by atoms with Crippen molar-refractivity contribution in [1.82, 2.24) is 4.98 Å². The number of rotatable bonds is 1. The van der Waals surface area contributed by atoms with Crippen LogP contribution in [0.25, 0.3) is 0 Å². The third kappa shape index (κ3) is 2.32. The summed E-state index contributed by atoms with van der Waals surface area (Å²) in [5.74, 6) is 0. The third-order valence-electron chi connectivity index (χ3n) is 3.53. The maximum atomic E-state index is 10.2. The van der Waals surface area contributed by atoms with Crippen LogP contribution >= 0.6 is 11.3 Å². The Morgan fingerprint density at radius 2 is 2.22 bits per heavy atom. The van der Waals surface area contributed by atoms with Crippen molar-refractivity contribution in [2.24, 2.45) is 5.41 Å². The zero-order valence-electron chi connectivity index (χ0n) is 10.8. The van der Waals surface area contributed by atoms with Crippen LogP contribution in [0.15, 0.2) is 0 Å². The number of aliphatic hydroxyl groups excluding tert-OH is 1. The van der Waals surface area contributed by atoms with Gasteiger partial charge in [-0.2, -0.15) is 0 Å². The van der Waals surface area contributed by atoms with Gasteiger partial charge in [0.1, 0.15) is 11.1 Å². The fourth-order valence-corrected chi connectivity index (χ4v) is 3.78. The maximum Gasteiger partial charge on any atom is 0.132 e. The molecule has 1 aromatic heterocycles. The lowest BCUT2D eigenvalue weighted by Gasteiger charge is -2.31. The predicted molar refractivity (Wildman–Crippen MR) is 68.7 cm³/mol. The molecule has 0 spiro atoms. The van der Waals surface area contributed by atoms with Gasteiger partial charge in [-0.25, -0.2) is 4.98 Å². The molecule has 1 aliphatic heterocycles. The van der Waals surface area contributed by atoms with Crippen LogP contribution in [0.3, 0.4) is 0 Å². The van der Waals surface area contributed by atoms with E-state index in [9.17, 15) is 5.11 Å². The fraction of sp³-hybridized carbons (Fsp3) is 0.769. The van der Waals surface area contributed by atoms with E-state index >= 15 is 0 Å². The lowest BCUT2D eigenvalue weighted by molar-refractivity contribution is -0.0902. The lowest BCUT2D eigenvalue weighted by Crippen LogP contribution is -2.25. The normalized spacial score (nSPS) is 31.1. The highest BCUT2D eigenvalue weighted by atomic mass is 32.1. The summed E-state index contributed by atoms with van der Waals surface area (Å²) in [5.41, 5.74) is 1.18. The second kappa shape index (κ2) is 4.56. The van der Waals surface area contributed by atoms with Crippen LogP contribution in [-0.4, -0.2) is 29.9 Å². The van der Waals surface area contributed by atoms with Crippen LogP contribution in [0.2, 0.25) is 0 Å². The number of ether oxygens (including phenoxy) is 2. The molecule has 0 amide bonds. The Labute approximate surface area is 111 Å². The number of aliphatic hydroxyl groups is 1. The zero-order chi connectivity index (χ0) is 12.8. The van der Waals surface area contributed by atoms with E-state index in [0.29, 0.717) is 19.8 Å². The summed E-state index contributed by atoms with van der Waals surface area (Å²) >= 11 is 1.58. The largest absolute Gasteiger partial charge is 0.387 e. The zero-order valence-corrected chi connectivity index (χ0v) is 11.6. The molecule has 4 nitrogen and oxygen atoms in total. The summed E-state index contributed by atoms with van der Waals surface area (Å²) in [6, 6.07) is 0. The van der Waals surface area contributed by atoms with Crippen LogP contribution in [-0.2, 0) is 15.9 Å². The monoisotopic (exact) mass is 269 g/mol. The molecule has 2 atom stereocenters. The maximum absolute atomic E-state index is 10.2. The number of hydrogen-bond donors (Lipinski definition) is 1. The summed E-state index contributed by atoms with van der Waals surface area (Å²) in [6.07, 6.45) is 1.32. The minimum absolute atomic E-state index is 0.0512. The number of nitrogens with zero attached hydrogens (tertiary/aromatic N) is 1. The number of aromatic nitrogens is 1. The Balaban J connectivity index is 1.87.